The van der Waals surface area contributed by atoms with Crippen molar-refractivity contribution in [2.24, 2.45) is 0 Å². The first-order chi connectivity index (χ1) is 12.4. The SMILES string of the molecule is CCOc1ccc(NC(=O)/C=C/c2cccc([N+](=O)[O-])c2)c([N+](=O)[O-])c1. The molecule has 9 nitrogen and oxygen atoms in total. The van der Waals surface area contributed by atoms with Gasteiger partial charge in [-0.3, -0.25) is 25.0 Å². The van der Waals surface area contributed by atoms with E-state index in [1.54, 1.807) is 13.0 Å². The molecule has 26 heavy (non-hydrogen) atoms. The van der Waals surface area contributed by atoms with Crippen LogP contribution in [0.15, 0.2) is 48.5 Å². The minimum absolute atomic E-state index is 0.0205. The molecule has 0 bridgehead atoms. The van der Waals surface area contributed by atoms with Crippen molar-refractivity contribution in [3.63, 3.8) is 0 Å². The van der Waals surface area contributed by atoms with Crippen LogP contribution in [0.4, 0.5) is 17.1 Å². The van der Waals surface area contributed by atoms with Crippen LogP contribution in [0.1, 0.15) is 12.5 Å². The molecule has 0 saturated carbocycles. The van der Waals surface area contributed by atoms with E-state index in [9.17, 15) is 25.0 Å². The Morgan fingerprint density at radius 2 is 1.92 bits per heavy atom. The summed E-state index contributed by atoms with van der Waals surface area (Å²) in [5.41, 5.74) is 0.0745. The van der Waals surface area contributed by atoms with Gasteiger partial charge in [-0.25, -0.2) is 0 Å². The lowest BCUT2D eigenvalue weighted by molar-refractivity contribution is -0.384. The van der Waals surface area contributed by atoms with Gasteiger partial charge in [-0.2, -0.15) is 0 Å². The second kappa shape index (κ2) is 8.38. The van der Waals surface area contributed by atoms with E-state index in [4.69, 9.17) is 4.74 Å². The van der Waals surface area contributed by atoms with Gasteiger partial charge in [0, 0.05) is 18.2 Å². The summed E-state index contributed by atoms with van der Waals surface area (Å²) in [6.07, 6.45) is 2.52. The Balaban J connectivity index is 2.15. The molecule has 0 aromatic heterocycles. The summed E-state index contributed by atoms with van der Waals surface area (Å²) in [7, 11) is 0. The number of nitro benzene ring substituents is 2. The molecule has 0 atom stereocenters. The van der Waals surface area contributed by atoms with Crippen molar-refractivity contribution >= 4 is 29.0 Å². The Morgan fingerprint density at radius 1 is 1.15 bits per heavy atom. The predicted molar refractivity (Wildman–Crippen MR) is 95.0 cm³/mol. The molecule has 9 heteroatoms. The smallest absolute Gasteiger partial charge is 0.296 e. The Labute approximate surface area is 148 Å². The fraction of sp³-hybridized carbons (Fsp3) is 0.118. The van der Waals surface area contributed by atoms with Crippen molar-refractivity contribution in [1.82, 2.24) is 0 Å². The Bertz CT molecular complexity index is 879. The number of rotatable bonds is 7. The number of carbonyl (C=O) groups is 1. The van der Waals surface area contributed by atoms with Crippen LogP contribution in [0.2, 0.25) is 0 Å². The third kappa shape index (κ3) is 4.87. The van der Waals surface area contributed by atoms with Gasteiger partial charge in [-0.15, -0.1) is 0 Å². The quantitative estimate of drug-likeness (QED) is 0.459. The van der Waals surface area contributed by atoms with E-state index in [2.05, 4.69) is 5.32 Å². The van der Waals surface area contributed by atoms with Gasteiger partial charge < -0.3 is 10.1 Å². The first-order valence-electron chi connectivity index (χ1n) is 7.55. The van der Waals surface area contributed by atoms with Crippen LogP contribution in [0.5, 0.6) is 5.75 Å². The number of hydrogen-bond donors (Lipinski definition) is 1. The van der Waals surface area contributed by atoms with Crippen LogP contribution in [0.25, 0.3) is 6.08 Å². The highest BCUT2D eigenvalue weighted by atomic mass is 16.6. The molecule has 0 unspecified atom stereocenters. The van der Waals surface area contributed by atoms with Crippen molar-refractivity contribution < 1.29 is 19.4 Å². The van der Waals surface area contributed by atoms with E-state index in [0.717, 1.165) is 6.08 Å². The van der Waals surface area contributed by atoms with Gasteiger partial charge in [0.25, 0.3) is 11.4 Å². The largest absolute Gasteiger partial charge is 0.494 e. The molecule has 0 aliphatic rings. The predicted octanol–water partition coefficient (Wildman–Crippen LogP) is 3.55. The molecule has 0 heterocycles. The zero-order valence-corrected chi connectivity index (χ0v) is 13.7. The van der Waals surface area contributed by atoms with Crippen LogP contribution in [-0.2, 0) is 4.79 Å². The molecule has 0 aliphatic carbocycles. The van der Waals surface area contributed by atoms with E-state index < -0.39 is 15.8 Å². The normalized spacial score (nSPS) is 10.5. The average molecular weight is 357 g/mol. The van der Waals surface area contributed by atoms with E-state index in [1.807, 2.05) is 0 Å². The van der Waals surface area contributed by atoms with E-state index >= 15 is 0 Å². The highest BCUT2D eigenvalue weighted by Crippen LogP contribution is 2.29. The molecule has 0 fully saturated rings. The Morgan fingerprint density at radius 3 is 2.58 bits per heavy atom. The van der Waals surface area contributed by atoms with Crippen LogP contribution in [0, 0.1) is 20.2 Å². The molecule has 1 N–H and O–H groups in total. The topological polar surface area (TPSA) is 125 Å². The summed E-state index contributed by atoms with van der Waals surface area (Å²) in [5, 5.41) is 24.3. The lowest BCUT2D eigenvalue weighted by Gasteiger charge is -2.07. The van der Waals surface area contributed by atoms with Gasteiger partial charge in [0.1, 0.15) is 11.4 Å². The van der Waals surface area contributed by atoms with Crippen molar-refractivity contribution in [2.75, 3.05) is 11.9 Å². The van der Waals surface area contributed by atoms with Crippen LogP contribution in [-0.4, -0.2) is 22.4 Å². The zero-order valence-electron chi connectivity index (χ0n) is 13.7. The van der Waals surface area contributed by atoms with Gasteiger partial charge >= 0.3 is 0 Å². The minimum atomic E-state index is -0.623. The molecule has 1 amide bonds. The van der Waals surface area contributed by atoms with E-state index in [1.165, 1.54) is 42.5 Å². The van der Waals surface area contributed by atoms with Gasteiger partial charge in [-0.1, -0.05) is 12.1 Å². The third-order valence-electron chi connectivity index (χ3n) is 3.24. The standard InChI is InChI=1S/C17H15N3O6/c1-2-26-14-7-8-15(16(11-14)20(24)25)18-17(21)9-6-12-4-3-5-13(10-12)19(22)23/h3-11H,2H2,1H3,(H,18,21)/b9-6+. The molecular weight excluding hydrogens is 342 g/mol. The van der Waals surface area contributed by atoms with Gasteiger partial charge in [0.15, 0.2) is 0 Å². The summed E-state index contributed by atoms with van der Waals surface area (Å²) in [4.78, 5) is 32.7. The number of nitro groups is 2. The van der Waals surface area contributed by atoms with Crippen LogP contribution in [0.3, 0.4) is 0 Å². The zero-order chi connectivity index (χ0) is 19.1. The number of nitrogens with zero attached hydrogens (tertiary/aromatic N) is 2. The summed E-state index contributed by atoms with van der Waals surface area (Å²) >= 11 is 0. The minimum Gasteiger partial charge on any atom is -0.494 e. The first-order valence-corrected chi connectivity index (χ1v) is 7.55. The fourth-order valence-corrected chi connectivity index (χ4v) is 2.11. The van der Waals surface area contributed by atoms with Gasteiger partial charge in [-0.05, 0) is 30.7 Å². The van der Waals surface area contributed by atoms with E-state index in [0.29, 0.717) is 17.9 Å². The lowest BCUT2D eigenvalue weighted by atomic mass is 10.2. The number of nitrogens with one attached hydrogen (secondary N) is 1. The van der Waals surface area contributed by atoms with Crippen molar-refractivity contribution in [1.29, 1.82) is 0 Å². The molecule has 0 radical (unpaired) electrons. The number of amides is 1. The molecule has 134 valence electrons. The number of carbonyl (C=O) groups excluding carboxylic acids is 1. The molecule has 2 rings (SSSR count). The second-order valence-corrected chi connectivity index (χ2v) is 5.04. The van der Waals surface area contributed by atoms with Crippen LogP contribution >= 0.6 is 0 Å². The Hall–Kier alpha value is -3.75. The third-order valence-corrected chi connectivity index (χ3v) is 3.24. The number of non-ortho nitro benzene ring substituents is 1. The second-order valence-electron chi connectivity index (χ2n) is 5.04. The highest BCUT2D eigenvalue weighted by molar-refractivity contribution is 6.03. The van der Waals surface area contributed by atoms with Gasteiger partial charge in [0.05, 0.1) is 22.5 Å². The Kier molecular flexibility index (Phi) is 5.99. The maximum absolute atomic E-state index is 12.0. The maximum atomic E-state index is 12.0. The van der Waals surface area contributed by atoms with Gasteiger partial charge in [0.2, 0.25) is 5.91 Å². The van der Waals surface area contributed by atoms with E-state index in [-0.39, 0.29) is 17.1 Å². The summed E-state index contributed by atoms with van der Waals surface area (Å²) in [6, 6.07) is 9.84. The summed E-state index contributed by atoms with van der Waals surface area (Å²) in [5.74, 6) is -0.284. The van der Waals surface area contributed by atoms with Crippen LogP contribution < -0.4 is 10.1 Å². The van der Waals surface area contributed by atoms with Crippen molar-refractivity contribution in [2.45, 2.75) is 6.92 Å². The maximum Gasteiger partial charge on any atom is 0.296 e. The van der Waals surface area contributed by atoms with Crippen molar-refractivity contribution in [3.05, 3.63) is 74.3 Å². The summed E-state index contributed by atoms with van der Waals surface area (Å²) in [6.45, 7) is 2.11. The lowest BCUT2D eigenvalue weighted by Crippen LogP contribution is -2.09. The fourth-order valence-electron chi connectivity index (χ4n) is 2.11. The molecular formula is C17H15N3O6. The average Bonchev–Trinajstić information content (AvgIpc) is 2.61. The highest BCUT2D eigenvalue weighted by Gasteiger charge is 2.16. The monoisotopic (exact) mass is 357 g/mol. The molecule has 0 spiro atoms. The molecule has 0 saturated heterocycles. The number of benzene rings is 2. The first kappa shape index (κ1) is 18.6. The number of hydrogen-bond acceptors (Lipinski definition) is 6. The molecule has 0 aliphatic heterocycles. The number of ether oxygens (including phenoxy) is 1. The molecule has 2 aromatic carbocycles. The number of anilines is 1. The summed E-state index contributed by atoms with van der Waals surface area (Å²) < 4.78 is 5.21. The molecule has 2 aromatic rings. The van der Waals surface area contributed by atoms with Crippen molar-refractivity contribution in [3.8, 4) is 5.75 Å².